The number of benzene rings is 2. The Balaban J connectivity index is 2.20. The van der Waals surface area contributed by atoms with Crippen LogP contribution in [0.3, 0.4) is 0 Å². The fourth-order valence-electron chi connectivity index (χ4n) is 2.46. The van der Waals surface area contributed by atoms with E-state index in [0.29, 0.717) is 22.9 Å². The Hall–Kier alpha value is -2.21. The zero-order valence-electron chi connectivity index (χ0n) is 15.4. The summed E-state index contributed by atoms with van der Waals surface area (Å²) in [6, 6.07) is 10.6. The predicted molar refractivity (Wildman–Crippen MR) is 103 cm³/mol. The molecule has 0 amide bonds. The Morgan fingerprint density at radius 2 is 1.60 bits per heavy atom. The topological polar surface area (TPSA) is 67.4 Å². The average molecular weight is 362 g/mol. The normalized spacial score (nSPS) is 11.4. The van der Waals surface area contributed by atoms with E-state index in [0.717, 1.165) is 17.8 Å². The lowest BCUT2D eigenvalue weighted by atomic mass is 10.1. The van der Waals surface area contributed by atoms with E-state index in [1.807, 2.05) is 19.1 Å². The van der Waals surface area contributed by atoms with Gasteiger partial charge in [0.05, 0.1) is 12.0 Å². The Kier molecular flexibility index (Phi) is 5.95. The third-order valence-electron chi connectivity index (χ3n) is 3.83. The molecule has 0 aromatic heterocycles. The highest BCUT2D eigenvalue weighted by atomic mass is 32.2. The van der Waals surface area contributed by atoms with Crippen molar-refractivity contribution >= 4 is 21.4 Å². The number of anilines is 2. The monoisotopic (exact) mass is 362 g/mol. The van der Waals surface area contributed by atoms with Crippen molar-refractivity contribution in [1.82, 2.24) is 0 Å². The molecule has 0 unspecified atom stereocenters. The summed E-state index contributed by atoms with van der Waals surface area (Å²) in [4.78, 5) is 0.257. The molecule has 0 radical (unpaired) electrons. The molecule has 2 N–H and O–H groups in total. The zero-order chi connectivity index (χ0) is 18.6. The lowest BCUT2D eigenvalue weighted by Crippen LogP contribution is -2.15. The Labute approximate surface area is 150 Å². The minimum atomic E-state index is -3.66. The van der Waals surface area contributed by atoms with E-state index in [2.05, 4.69) is 23.9 Å². The number of hydrogen-bond acceptors (Lipinski definition) is 4. The fourth-order valence-corrected chi connectivity index (χ4v) is 3.83. The Bertz CT molecular complexity index is 828. The number of nitrogens with one attached hydrogen (secondary N) is 2. The maximum atomic E-state index is 12.7. The van der Waals surface area contributed by atoms with E-state index in [-0.39, 0.29) is 4.90 Å². The summed E-state index contributed by atoms with van der Waals surface area (Å²) < 4.78 is 33.3. The highest BCUT2D eigenvalue weighted by Gasteiger charge is 2.19. The van der Waals surface area contributed by atoms with Crippen molar-refractivity contribution in [1.29, 1.82) is 0 Å². The summed E-state index contributed by atoms with van der Waals surface area (Å²) in [7, 11) is -2.08. The van der Waals surface area contributed by atoms with E-state index in [1.54, 1.807) is 38.3 Å². The van der Waals surface area contributed by atoms with Crippen molar-refractivity contribution in [3.63, 3.8) is 0 Å². The summed E-state index contributed by atoms with van der Waals surface area (Å²) in [5.41, 5.74) is 2.92. The van der Waals surface area contributed by atoms with Gasteiger partial charge in [-0.15, -0.1) is 0 Å². The van der Waals surface area contributed by atoms with Crippen LogP contribution in [-0.2, 0) is 10.0 Å². The Morgan fingerprint density at radius 1 is 1.00 bits per heavy atom. The quantitative estimate of drug-likeness (QED) is 0.775. The van der Waals surface area contributed by atoms with E-state index < -0.39 is 10.0 Å². The molecule has 2 aromatic carbocycles. The van der Waals surface area contributed by atoms with Crippen LogP contribution in [0.4, 0.5) is 11.4 Å². The molecule has 25 heavy (non-hydrogen) atoms. The number of ether oxygens (including phenoxy) is 1. The van der Waals surface area contributed by atoms with Gasteiger partial charge in [0, 0.05) is 17.9 Å². The van der Waals surface area contributed by atoms with Crippen molar-refractivity contribution in [2.24, 2.45) is 5.92 Å². The van der Waals surface area contributed by atoms with Crippen molar-refractivity contribution in [3.8, 4) is 5.75 Å². The number of methoxy groups -OCH3 is 1. The Morgan fingerprint density at radius 3 is 2.16 bits per heavy atom. The summed E-state index contributed by atoms with van der Waals surface area (Å²) in [6.45, 7) is 8.72. The molecule has 0 fully saturated rings. The molecular formula is C19H26N2O3S. The van der Waals surface area contributed by atoms with Crippen LogP contribution in [0.1, 0.15) is 25.0 Å². The molecule has 2 rings (SSSR count). The third kappa shape index (κ3) is 4.89. The molecule has 0 aliphatic rings. The number of rotatable bonds is 7. The van der Waals surface area contributed by atoms with Gasteiger partial charge >= 0.3 is 0 Å². The van der Waals surface area contributed by atoms with Crippen LogP contribution in [0.5, 0.6) is 5.75 Å². The van der Waals surface area contributed by atoms with Gasteiger partial charge in [-0.2, -0.15) is 0 Å². The van der Waals surface area contributed by atoms with E-state index in [4.69, 9.17) is 4.74 Å². The maximum Gasteiger partial charge on any atom is 0.262 e. The smallest absolute Gasteiger partial charge is 0.262 e. The minimum Gasteiger partial charge on any atom is -0.496 e. The maximum absolute atomic E-state index is 12.7. The van der Waals surface area contributed by atoms with Gasteiger partial charge in [-0.25, -0.2) is 8.42 Å². The van der Waals surface area contributed by atoms with Crippen LogP contribution in [0.25, 0.3) is 0 Å². The summed E-state index contributed by atoms with van der Waals surface area (Å²) >= 11 is 0. The second-order valence-electron chi connectivity index (χ2n) is 6.54. The second kappa shape index (κ2) is 7.78. The van der Waals surface area contributed by atoms with E-state index in [9.17, 15) is 8.42 Å². The SMILES string of the molecule is COc1cc(C)c(S(=O)(=O)Nc2ccc(NCC(C)C)cc2)cc1C. The van der Waals surface area contributed by atoms with Crippen LogP contribution in [0, 0.1) is 19.8 Å². The van der Waals surface area contributed by atoms with Gasteiger partial charge in [-0.1, -0.05) is 13.8 Å². The number of aryl methyl sites for hydroxylation is 2. The molecule has 0 aliphatic heterocycles. The molecule has 0 spiro atoms. The van der Waals surface area contributed by atoms with Gasteiger partial charge < -0.3 is 10.1 Å². The fraction of sp³-hybridized carbons (Fsp3) is 0.368. The summed E-state index contributed by atoms with van der Waals surface area (Å²) in [5, 5.41) is 3.30. The molecular weight excluding hydrogens is 336 g/mol. The highest BCUT2D eigenvalue weighted by molar-refractivity contribution is 7.92. The average Bonchev–Trinajstić information content (AvgIpc) is 2.55. The van der Waals surface area contributed by atoms with Crippen LogP contribution in [0.15, 0.2) is 41.3 Å². The third-order valence-corrected chi connectivity index (χ3v) is 5.36. The van der Waals surface area contributed by atoms with Crippen LogP contribution < -0.4 is 14.8 Å². The van der Waals surface area contributed by atoms with E-state index >= 15 is 0 Å². The molecule has 2 aromatic rings. The molecule has 0 aliphatic carbocycles. The largest absolute Gasteiger partial charge is 0.496 e. The molecule has 0 bridgehead atoms. The van der Waals surface area contributed by atoms with Crippen molar-refractivity contribution in [3.05, 3.63) is 47.5 Å². The molecule has 0 heterocycles. The molecule has 0 saturated heterocycles. The van der Waals surface area contributed by atoms with Crippen molar-refractivity contribution in [2.75, 3.05) is 23.7 Å². The first kappa shape index (κ1) is 19.1. The molecule has 0 atom stereocenters. The van der Waals surface area contributed by atoms with Crippen LogP contribution in [-0.4, -0.2) is 22.1 Å². The first-order valence-electron chi connectivity index (χ1n) is 8.25. The predicted octanol–water partition coefficient (Wildman–Crippen LogP) is 4.18. The van der Waals surface area contributed by atoms with Crippen LogP contribution in [0.2, 0.25) is 0 Å². The number of sulfonamides is 1. The van der Waals surface area contributed by atoms with Crippen LogP contribution >= 0.6 is 0 Å². The second-order valence-corrected chi connectivity index (χ2v) is 8.20. The van der Waals surface area contributed by atoms with Gasteiger partial charge in [0.2, 0.25) is 0 Å². The zero-order valence-corrected chi connectivity index (χ0v) is 16.2. The molecule has 6 heteroatoms. The lowest BCUT2D eigenvalue weighted by Gasteiger charge is -2.14. The molecule has 5 nitrogen and oxygen atoms in total. The summed E-state index contributed by atoms with van der Waals surface area (Å²) in [5.74, 6) is 1.22. The van der Waals surface area contributed by atoms with Gasteiger partial charge in [0.25, 0.3) is 10.0 Å². The summed E-state index contributed by atoms with van der Waals surface area (Å²) in [6.07, 6.45) is 0. The lowest BCUT2D eigenvalue weighted by molar-refractivity contribution is 0.411. The molecule has 0 saturated carbocycles. The minimum absolute atomic E-state index is 0.257. The highest BCUT2D eigenvalue weighted by Crippen LogP contribution is 2.27. The van der Waals surface area contributed by atoms with Crippen molar-refractivity contribution < 1.29 is 13.2 Å². The van der Waals surface area contributed by atoms with E-state index in [1.165, 1.54) is 0 Å². The first-order chi connectivity index (χ1) is 11.7. The van der Waals surface area contributed by atoms with Gasteiger partial charge in [-0.3, -0.25) is 4.72 Å². The first-order valence-corrected chi connectivity index (χ1v) is 9.73. The standard InChI is InChI=1S/C19H26N2O3S/c1-13(2)12-20-16-6-8-17(9-7-16)21-25(22,23)19-11-14(3)18(24-5)10-15(19)4/h6-11,13,20-21H,12H2,1-5H3. The van der Waals surface area contributed by atoms with Gasteiger partial charge in [0.1, 0.15) is 5.75 Å². The van der Waals surface area contributed by atoms with Gasteiger partial charge in [-0.05, 0) is 67.3 Å². The molecule has 136 valence electrons. The van der Waals surface area contributed by atoms with Crippen molar-refractivity contribution in [2.45, 2.75) is 32.6 Å². The van der Waals surface area contributed by atoms with Gasteiger partial charge in [0.15, 0.2) is 0 Å². The number of hydrogen-bond donors (Lipinski definition) is 2.